The number of carbonyl (C=O) groups is 1. The first kappa shape index (κ1) is 17.3. The lowest BCUT2D eigenvalue weighted by Crippen LogP contribution is -2.40. The number of carbonyl (C=O) groups excluding carboxylic acids is 1. The minimum absolute atomic E-state index is 0.0481. The average molecular weight is 342 g/mol. The van der Waals surface area contributed by atoms with Gasteiger partial charge in [-0.05, 0) is 50.2 Å². The van der Waals surface area contributed by atoms with Gasteiger partial charge in [0.1, 0.15) is 5.82 Å². The Morgan fingerprint density at radius 3 is 2.96 bits per heavy atom. The average Bonchev–Trinajstić information content (AvgIpc) is 2.61. The van der Waals surface area contributed by atoms with Gasteiger partial charge >= 0.3 is 0 Å². The van der Waals surface area contributed by atoms with Gasteiger partial charge in [0.05, 0.1) is 11.3 Å². The normalized spacial score (nSPS) is 17.5. The monoisotopic (exact) mass is 342 g/mol. The minimum Gasteiger partial charge on any atom is -0.368 e. The summed E-state index contributed by atoms with van der Waals surface area (Å²) in [4.78, 5) is 22.6. The molecule has 25 heavy (non-hydrogen) atoms. The van der Waals surface area contributed by atoms with Gasteiger partial charge in [0.15, 0.2) is 0 Å². The fourth-order valence-electron chi connectivity index (χ4n) is 3.41. The summed E-state index contributed by atoms with van der Waals surface area (Å²) >= 11 is 0. The van der Waals surface area contributed by atoms with E-state index in [-0.39, 0.29) is 17.7 Å². The number of aryl methyl sites for hydroxylation is 2. The van der Waals surface area contributed by atoms with Crippen LogP contribution in [0.2, 0.25) is 0 Å². The second-order valence-corrected chi connectivity index (χ2v) is 6.62. The van der Waals surface area contributed by atoms with Gasteiger partial charge in [-0.2, -0.15) is 0 Å². The lowest BCUT2D eigenvalue weighted by molar-refractivity contribution is 0.0666. The SMILES string of the molecule is Cc1nc(N)ncc1C(=O)N1CCC[C@@H](CCc2ccccc2F)C1. The Morgan fingerprint density at radius 1 is 1.40 bits per heavy atom. The largest absolute Gasteiger partial charge is 0.368 e. The number of nitrogens with zero attached hydrogens (tertiary/aromatic N) is 3. The molecule has 1 aliphatic rings. The van der Waals surface area contributed by atoms with E-state index in [9.17, 15) is 9.18 Å². The molecule has 1 fully saturated rings. The van der Waals surface area contributed by atoms with E-state index in [0.717, 1.165) is 31.4 Å². The number of amides is 1. The van der Waals surface area contributed by atoms with Crippen molar-refractivity contribution < 1.29 is 9.18 Å². The number of benzene rings is 1. The van der Waals surface area contributed by atoms with Crippen LogP contribution >= 0.6 is 0 Å². The van der Waals surface area contributed by atoms with Crippen molar-refractivity contribution in [3.05, 3.63) is 53.1 Å². The van der Waals surface area contributed by atoms with Gasteiger partial charge < -0.3 is 10.6 Å². The highest BCUT2D eigenvalue weighted by Gasteiger charge is 2.26. The Kier molecular flexibility index (Phi) is 5.26. The number of aromatic nitrogens is 2. The topological polar surface area (TPSA) is 72.1 Å². The van der Waals surface area contributed by atoms with Crippen molar-refractivity contribution in [2.45, 2.75) is 32.6 Å². The van der Waals surface area contributed by atoms with Crippen molar-refractivity contribution in [1.82, 2.24) is 14.9 Å². The van der Waals surface area contributed by atoms with E-state index in [4.69, 9.17) is 5.73 Å². The molecule has 5 nitrogen and oxygen atoms in total. The fourth-order valence-corrected chi connectivity index (χ4v) is 3.41. The summed E-state index contributed by atoms with van der Waals surface area (Å²) in [7, 11) is 0. The van der Waals surface area contributed by atoms with Gasteiger partial charge in [-0.15, -0.1) is 0 Å². The third-order valence-corrected chi connectivity index (χ3v) is 4.81. The van der Waals surface area contributed by atoms with E-state index in [1.165, 1.54) is 12.3 Å². The van der Waals surface area contributed by atoms with E-state index in [2.05, 4.69) is 9.97 Å². The molecule has 2 aromatic rings. The highest BCUT2D eigenvalue weighted by Crippen LogP contribution is 2.24. The Hall–Kier alpha value is -2.50. The molecule has 1 aromatic carbocycles. The molecule has 6 heteroatoms. The zero-order chi connectivity index (χ0) is 17.8. The number of hydrogen-bond acceptors (Lipinski definition) is 4. The zero-order valence-electron chi connectivity index (χ0n) is 14.4. The molecule has 0 spiro atoms. The van der Waals surface area contributed by atoms with Crippen LogP contribution in [-0.4, -0.2) is 33.9 Å². The zero-order valence-corrected chi connectivity index (χ0v) is 14.4. The first-order chi connectivity index (χ1) is 12.0. The smallest absolute Gasteiger partial charge is 0.257 e. The molecule has 1 atom stereocenters. The molecule has 1 saturated heterocycles. The fraction of sp³-hybridized carbons (Fsp3) is 0.421. The maximum Gasteiger partial charge on any atom is 0.257 e. The highest BCUT2D eigenvalue weighted by molar-refractivity contribution is 5.95. The van der Waals surface area contributed by atoms with Crippen molar-refractivity contribution >= 4 is 11.9 Å². The van der Waals surface area contributed by atoms with Crippen LogP contribution in [-0.2, 0) is 6.42 Å². The Bertz CT molecular complexity index is 765. The van der Waals surface area contributed by atoms with Crippen molar-refractivity contribution in [2.24, 2.45) is 5.92 Å². The molecule has 0 radical (unpaired) electrons. The highest BCUT2D eigenvalue weighted by atomic mass is 19.1. The second kappa shape index (κ2) is 7.59. The summed E-state index contributed by atoms with van der Waals surface area (Å²) in [6.07, 6.45) is 5.10. The molecule has 1 aromatic heterocycles. The standard InChI is InChI=1S/C19H23FN4O/c1-13-16(11-22-19(21)23-13)18(25)24-10-4-5-14(12-24)8-9-15-6-2-3-7-17(15)20/h2-3,6-7,11,14H,4-5,8-10,12H2,1H3,(H2,21,22,23)/t14-/m0/s1. The molecule has 0 unspecified atom stereocenters. The number of nitrogens with two attached hydrogens (primary N) is 1. The third kappa shape index (κ3) is 4.13. The van der Waals surface area contributed by atoms with Crippen LogP contribution in [0, 0.1) is 18.7 Å². The van der Waals surface area contributed by atoms with Gasteiger partial charge in [-0.1, -0.05) is 18.2 Å². The van der Waals surface area contributed by atoms with Gasteiger partial charge in [0, 0.05) is 19.3 Å². The van der Waals surface area contributed by atoms with Crippen LogP contribution in [0.3, 0.4) is 0 Å². The number of halogens is 1. The maximum absolute atomic E-state index is 13.8. The molecule has 1 amide bonds. The Balaban J connectivity index is 1.62. The number of nitrogen functional groups attached to an aromatic ring is 1. The lowest BCUT2D eigenvalue weighted by atomic mass is 9.91. The maximum atomic E-state index is 13.8. The van der Waals surface area contributed by atoms with E-state index in [0.29, 0.717) is 30.1 Å². The Morgan fingerprint density at radius 2 is 2.20 bits per heavy atom. The number of anilines is 1. The van der Waals surface area contributed by atoms with Crippen LogP contribution in [0.25, 0.3) is 0 Å². The molecular formula is C19H23FN4O. The van der Waals surface area contributed by atoms with E-state index in [1.807, 2.05) is 17.0 Å². The van der Waals surface area contributed by atoms with E-state index >= 15 is 0 Å². The van der Waals surface area contributed by atoms with Crippen molar-refractivity contribution in [1.29, 1.82) is 0 Å². The molecule has 2 heterocycles. The summed E-state index contributed by atoms with van der Waals surface area (Å²) < 4.78 is 13.8. The number of piperidine rings is 1. The number of rotatable bonds is 4. The summed E-state index contributed by atoms with van der Waals surface area (Å²) in [6.45, 7) is 3.20. The molecule has 132 valence electrons. The van der Waals surface area contributed by atoms with Gasteiger partial charge in [-0.3, -0.25) is 4.79 Å². The van der Waals surface area contributed by atoms with Crippen LogP contribution in [0.1, 0.15) is 40.9 Å². The molecule has 0 saturated carbocycles. The lowest BCUT2D eigenvalue weighted by Gasteiger charge is -2.33. The molecule has 0 aliphatic carbocycles. The first-order valence-corrected chi connectivity index (χ1v) is 8.66. The van der Waals surface area contributed by atoms with Gasteiger partial charge in [0.25, 0.3) is 5.91 Å². The predicted octanol–water partition coefficient (Wildman–Crippen LogP) is 2.99. The molecule has 2 N–H and O–H groups in total. The van der Waals surface area contributed by atoms with Gasteiger partial charge in [0.2, 0.25) is 5.95 Å². The molecule has 0 bridgehead atoms. The van der Waals surface area contributed by atoms with Crippen molar-refractivity contribution in [3.63, 3.8) is 0 Å². The van der Waals surface area contributed by atoms with Crippen LogP contribution in [0.15, 0.2) is 30.5 Å². The van der Waals surface area contributed by atoms with Crippen LogP contribution in [0.4, 0.5) is 10.3 Å². The molecular weight excluding hydrogens is 319 g/mol. The number of hydrogen-bond donors (Lipinski definition) is 1. The summed E-state index contributed by atoms with van der Waals surface area (Å²) in [5.41, 5.74) is 7.41. The number of likely N-dealkylation sites (tertiary alicyclic amines) is 1. The Labute approximate surface area is 147 Å². The predicted molar refractivity (Wildman–Crippen MR) is 94.5 cm³/mol. The first-order valence-electron chi connectivity index (χ1n) is 8.66. The molecule has 3 rings (SSSR count). The van der Waals surface area contributed by atoms with Crippen molar-refractivity contribution in [2.75, 3.05) is 18.8 Å². The second-order valence-electron chi connectivity index (χ2n) is 6.62. The molecule has 1 aliphatic heterocycles. The quantitative estimate of drug-likeness (QED) is 0.927. The van der Waals surface area contributed by atoms with Crippen LogP contribution in [0.5, 0.6) is 0 Å². The van der Waals surface area contributed by atoms with Crippen molar-refractivity contribution in [3.8, 4) is 0 Å². The van der Waals surface area contributed by atoms with Gasteiger partial charge in [-0.25, -0.2) is 14.4 Å². The summed E-state index contributed by atoms with van der Waals surface area (Å²) in [5, 5.41) is 0. The van der Waals surface area contributed by atoms with E-state index < -0.39 is 0 Å². The van der Waals surface area contributed by atoms with Crippen LogP contribution < -0.4 is 5.73 Å². The summed E-state index contributed by atoms with van der Waals surface area (Å²) in [5.74, 6) is 0.358. The summed E-state index contributed by atoms with van der Waals surface area (Å²) in [6, 6.07) is 6.89. The van der Waals surface area contributed by atoms with E-state index in [1.54, 1.807) is 13.0 Å². The minimum atomic E-state index is -0.152. The third-order valence-electron chi connectivity index (χ3n) is 4.81.